The largest absolute Gasteiger partial charge is 0.480 e. The Balaban J connectivity index is 2.57. The van der Waals surface area contributed by atoms with E-state index in [1.807, 2.05) is 0 Å². The first kappa shape index (κ1) is 14.0. The van der Waals surface area contributed by atoms with Crippen LogP contribution >= 0.6 is 0 Å². The lowest BCUT2D eigenvalue weighted by atomic mass is 9.87. The lowest BCUT2D eigenvalue weighted by Crippen LogP contribution is -2.45. The van der Waals surface area contributed by atoms with Crippen molar-refractivity contribution in [3.05, 3.63) is 0 Å². The van der Waals surface area contributed by atoms with Gasteiger partial charge in [-0.1, -0.05) is 6.42 Å². The number of carboxylic acid groups (broad SMARTS) is 1. The predicted molar refractivity (Wildman–Crippen MR) is 61.2 cm³/mol. The molecule has 1 aliphatic carbocycles. The van der Waals surface area contributed by atoms with E-state index in [1.54, 1.807) is 0 Å². The van der Waals surface area contributed by atoms with Gasteiger partial charge in [0.15, 0.2) is 9.84 Å². The summed E-state index contributed by atoms with van der Waals surface area (Å²) >= 11 is 0. The SMILES string of the molecule is CC(=O)N[C@@H](CS(=O)(=O)CC1CCC1)C(=O)O. The molecule has 0 unspecified atom stereocenters. The smallest absolute Gasteiger partial charge is 0.327 e. The average Bonchev–Trinajstić information content (AvgIpc) is 2.09. The zero-order valence-electron chi connectivity index (χ0n) is 9.68. The molecule has 1 atom stereocenters. The lowest BCUT2D eigenvalue weighted by Gasteiger charge is -2.25. The van der Waals surface area contributed by atoms with Crippen LogP contribution in [-0.2, 0) is 19.4 Å². The molecule has 0 spiro atoms. The van der Waals surface area contributed by atoms with Crippen LogP contribution in [-0.4, -0.2) is 42.9 Å². The van der Waals surface area contributed by atoms with Gasteiger partial charge in [-0.15, -0.1) is 0 Å². The molecule has 0 aromatic rings. The molecule has 0 heterocycles. The van der Waals surface area contributed by atoms with E-state index in [0.29, 0.717) is 0 Å². The number of carboxylic acids is 1. The maximum atomic E-state index is 11.7. The maximum Gasteiger partial charge on any atom is 0.327 e. The number of hydrogen-bond acceptors (Lipinski definition) is 4. The number of rotatable bonds is 6. The van der Waals surface area contributed by atoms with E-state index in [9.17, 15) is 18.0 Å². The number of aliphatic carboxylic acids is 1. The summed E-state index contributed by atoms with van der Waals surface area (Å²) in [6.45, 7) is 1.16. The Kier molecular flexibility index (Phi) is 4.50. The second kappa shape index (κ2) is 5.48. The van der Waals surface area contributed by atoms with Crippen LogP contribution < -0.4 is 5.32 Å². The van der Waals surface area contributed by atoms with E-state index in [0.717, 1.165) is 26.2 Å². The summed E-state index contributed by atoms with van der Waals surface area (Å²) < 4.78 is 23.4. The van der Waals surface area contributed by atoms with Gasteiger partial charge in [-0.2, -0.15) is 0 Å². The Bertz CT molecular complexity index is 399. The van der Waals surface area contributed by atoms with Gasteiger partial charge >= 0.3 is 5.97 Å². The molecule has 1 rings (SSSR count). The van der Waals surface area contributed by atoms with Crippen molar-refractivity contribution in [2.45, 2.75) is 32.2 Å². The van der Waals surface area contributed by atoms with Crippen molar-refractivity contribution in [3.8, 4) is 0 Å². The molecular formula is C10H17NO5S. The maximum absolute atomic E-state index is 11.7. The number of hydrogen-bond donors (Lipinski definition) is 2. The molecule has 98 valence electrons. The van der Waals surface area contributed by atoms with Crippen molar-refractivity contribution in [1.29, 1.82) is 0 Å². The Hall–Kier alpha value is -1.11. The lowest BCUT2D eigenvalue weighted by molar-refractivity contribution is -0.140. The molecule has 1 amide bonds. The summed E-state index contributed by atoms with van der Waals surface area (Å²) in [6.07, 6.45) is 2.81. The number of carbonyl (C=O) groups excluding carboxylic acids is 1. The van der Waals surface area contributed by atoms with Crippen LogP contribution in [0.3, 0.4) is 0 Å². The minimum Gasteiger partial charge on any atom is -0.480 e. The van der Waals surface area contributed by atoms with Crippen molar-refractivity contribution in [2.75, 3.05) is 11.5 Å². The van der Waals surface area contributed by atoms with E-state index >= 15 is 0 Å². The van der Waals surface area contributed by atoms with Gasteiger partial charge in [-0.05, 0) is 18.8 Å². The van der Waals surface area contributed by atoms with Crippen LogP contribution in [0.15, 0.2) is 0 Å². The predicted octanol–water partition coefficient (Wildman–Crippen LogP) is -0.209. The third-order valence-electron chi connectivity index (χ3n) is 2.81. The first-order valence-electron chi connectivity index (χ1n) is 5.50. The Morgan fingerprint density at radius 1 is 1.41 bits per heavy atom. The van der Waals surface area contributed by atoms with Gasteiger partial charge in [0.1, 0.15) is 6.04 Å². The monoisotopic (exact) mass is 263 g/mol. The molecular weight excluding hydrogens is 246 g/mol. The van der Waals surface area contributed by atoms with Crippen molar-refractivity contribution < 1.29 is 23.1 Å². The quantitative estimate of drug-likeness (QED) is 0.690. The molecule has 0 aliphatic heterocycles. The summed E-state index contributed by atoms with van der Waals surface area (Å²) in [7, 11) is -3.43. The van der Waals surface area contributed by atoms with Crippen LogP contribution in [0.4, 0.5) is 0 Å². The Morgan fingerprint density at radius 3 is 2.35 bits per heavy atom. The van der Waals surface area contributed by atoms with E-state index in [-0.39, 0.29) is 11.7 Å². The fraction of sp³-hybridized carbons (Fsp3) is 0.800. The average molecular weight is 263 g/mol. The van der Waals surface area contributed by atoms with Gasteiger partial charge in [0.25, 0.3) is 0 Å². The first-order chi connectivity index (χ1) is 7.80. The van der Waals surface area contributed by atoms with Crippen molar-refractivity contribution in [1.82, 2.24) is 5.32 Å². The number of carbonyl (C=O) groups is 2. The first-order valence-corrected chi connectivity index (χ1v) is 7.32. The molecule has 17 heavy (non-hydrogen) atoms. The van der Waals surface area contributed by atoms with Crippen molar-refractivity contribution >= 4 is 21.7 Å². The van der Waals surface area contributed by atoms with E-state index in [1.165, 1.54) is 0 Å². The molecule has 0 saturated heterocycles. The van der Waals surface area contributed by atoms with E-state index in [4.69, 9.17) is 5.11 Å². The summed E-state index contributed by atoms with van der Waals surface area (Å²) in [5.74, 6) is -2.21. The summed E-state index contributed by atoms with van der Waals surface area (Å²) in [5.41, 5.74) is 0. The molecule has 1 aliphatic rings. The van der Waals surface area contributed by atoms with Crippen LogP contribution in [0.1, 0.15) is 26.2 Å². The molecule has 2 N–H and O–H groups in total. The van der Waals surface area contributed by atoms with Gasteiger partial charge in [-0.25, -0.2) is 13.2 Å². The van der Waals surface area contributed by atoms with Crippen LogP contribution in [0, 0.1) is 5.92 Å². The topological polar surface area (TPSA) is 101 Å². The minimum atomic E-state index is -3.43. The molecule has 0 bridgehead atoms. The molecule has 0 aromatic carbocycles. The molecule has 7 heteroatoms. The van der Waals surface area contributed by atoms with Crippen LogP contribution in [0.5, 0.6) is 0 Å². The molecule has 0 aromatic heterocycles. The van der Waals surface area contributed by atoms with Crippen LogP contribution in [0.2, 0.25) is 0 Å². The van der Waals surface area contributed by atoms with Gasteiger partial charge < -0.3 is 10.4 Å². The second-order valence-electron chi connectivity index (χ2n) is 4.47. The molecule has 1 fully saturated rings. The standard InChI is InChI=1S/C10H17NO5S/c1-7(12)11-9(10(13)14)6-17(15,16)5-8-3-2-4-8/h8-9H,2-6H2,1H3,(H,11,12)(H,13,14)/t9-/m0/s1. The van der Waals surface area contributed by atoms with E-state index in [2.05, 4.69) is 5.32 Å². The second-order valence-corrected chi connectivity index (χ2v) is 6.62. The molecule has 1 saturated carbocycles. The van der Waals surface area contributed by atoms with Crippen molar-refractivity contribution in [2.24, 2.45) is 5.92 Å². The summed E-state index contributed by atoms with van der Waals surface area (Å²) in [4.78, 5) is 21.6. The third kappa shape index (κ3) is 4.72. The number of amides is 1. The van der Waals surface area contributed by atoms with Gasteiger partial charge in [0.05, 0.1) is 11.5 Å². The zero-order chi connectivity index (χ0) is 13.1. The van der Waals surface area contributed by atoms with Crippen LogP contribution in [0.25, 0.3) is 0 Å². The minimum absolute atomic E-state index is 0.0242. The van der Waals surface area contributed by atoms with Crippen molar-refractivity contribution in [3.63, 3.8) is 0 Å². The molecule has 0 radical (unpaired) electrons. The highest BCUT2D eigenvalue weighted by molar-refractivity contribution is 7.91. The van der Waals surface area contributed by atoms with E-state index < -0.39 is 33.5 Å². The fourth-order valence-electron chi connectivity index (χ4n) is 1.76. The zero-order valence-corrected chi connectivity index (χ0v) is 10.5. The van der Waals surface area contributed by atoms with Gasteiger partial charge in [-0.3, -0.25) is 4.79 Å². The summed E-state index contributed by atoms with van der Waals surface area (Å²) in [5, 5.41) is 10.9. The highest BCUT2D eigenvalue weighted by Crippen LogP contribution is 2.27. The Labute approximate surface area is 100 Å². The third-order valence-corrected chi connectivity index (χ3v) is 4.63. The highest BCUT2D eigenvalue weighted by Gasteiger charge is 2.30. The van der Waals surface area contributed by atoms with Gasteiger partial charge in [0.2, 0.25) is 5.91 Å². The highest BCUT2D eigenvalue weighted by atomic mass is 32.2. The van der Waals surface area contributed by atoms with Gasteiger partial charge in [0, 0.05) is 6.92 Å². The Morgan fingerprint density at radius 2 is 2.00 bits per heavy atom. The summed E-state index contributed by atoms with van der Waals surface area (Å²) in [6, 6.07) is -1.35. The molecule has 6 nitrogen and oxygen atoms in total. The normalized spacial score (nSPS) is 18.2. The number of sulfone groups is 1. The fourth-order valence-corrected chi connectivity index (χ4v) is 3.68. The number of nitrogens with one attached hydrogen (secondary N) is 1.